The second-order valence-corrected chi connectivity index (χ2v) is 19.4. The van der Waals surface area contributed by atoms with Crippen molar-refractivity contribution in [3.05, 3.63) is 212 Å². The number of nitrogens with zero attached hydrogens (tertiary/aromatic N) is 4. The van der Waals surface area contributed by atoms with E-state index in [-0.39, 0.29) is 27.4 Å². The average molecular weight is 996 g/mol. The molecule has 0 aliphatic carbocycles. The van der Waals surface area contributed by atoms with Gasteiger partial charge in [-0.25, -0.2) is 24.2 Å². The van der Waals surface area contributed by atoms with E-state index in [4.69, 9.17) is 50.3 Å². The Hall–Kier alpha value is -7.17. The van der Waals surface area contributed by atoms with Gasteiger partial charge in [-0.2, -0.15) is 4.98 Å². The molecule has 356 valence electrons. The number of benzene rings is 6. The summed E-state index contributed by atoms with van der Waals surface area (Å²) in [6.45, 7) is 7.35. The summed E-state index contributed by atoms with van der Waals surface area (Å²) >= 11 is 8.90. The topological polar surface area (TPSA) is 157 Å². The van der Waals surface area contributed by atoms with Crippen LogP contribution < -0.4 is 9.60 Å². The van der Waals surface area contributed by atoms with Gasteiger partial charge >= 0.3 is 23.9 Å². The van der Waals surface area contributed by atoms with Crippen molar-refractivity contribution < 1.29 is 42.9 Å². The number of thioether (sulfide) groups is 1. The highest BCUT2D eigenvalue weighted by molar-refractivity contribution is 7.99. The lowest BCUT2D eigenvalue weighted by Gasteiger charge is -2.44. The first-order chi connectivity index (χ1) is 33.8. The predicted octanol–water partition coefficient (Wildman–Crippen LogP) is 10.2. The molecule has 0 amide bonds. The molecule has 13 nitrogen and oxygen atoms in total. The summed E-state index contributed by atoms with van der Waals surface area (Å²) in [6, 6.07) is 47.7. The average Bonchev–Trinajstić information content (AvgIpc) is 3.36. The van der Waals surface area contributed by atoms with Gasteiger partial charge in [-0.3, -0.25) is 9.56 Å². The van der Waals surface area contributed by atoms with Crippen LogP contribution in [0.25, 0.3) is 5.69 Å². The number of esters is 4. The number of halogens is 1. The van der Waals surface area contributed by atoms with Gasteiger partial charge in [0.25, 0.3) is 0 Å². The maximum atomic E-state index is 14.4. The van der Waals surface area contributed by atoms with E-state index in [9.17, 15) is 19.2 Å². The fourth-order valence-electron chi connectivity index (χ4n) is 7.14. The molecule has 1 aliphatic rings. The summed E-state index contributed by atoms with van der Waals surface area (Å²) in [5.41, 5.74) is 1.06. The van der Waals surface area contributed by atoms with Gasteiger partial charge in [0.15, 0.2) is 33.7 Å². The van der Waals surface area contributed by atoms with Gasteiger partial charge in [0.1, 0.15) is 12.7 Å². The molecule has 16 heteroatoms. The van der Waals surface area contributed by atoms with E-state index >= 15 is 0 Å². The van der Waals surface area contributed by atoms with Crippen molar-refractivity contribution in [2.24, 2.45) is 9.98 Å². The molecule has 8 rings (SSSR count). The van der Waals surface area contributed by atoms with Crippen LogP contribution in [-0.4, -0.2) is 75.4 Å². The number of carbonyl (C=O) groups excluding carboxylic acids is 4. The largest absolute Gasteiger partial charge is 0.459 e. The van der Waals surface area contributed by atoms with Crippen molar-refractivity contribution in [1.29, 1.82) is 0 Å². The summed E-state index contributed by atoms with van der Waals surface area (Å²) in [6.07, 6.45) is -6.03. The predicted molar refractivity (Wildman–Crippen MR) is 266 cm³/mol. The van der Waals surface area contributed by atoms with Gasteiger partial charge in [0.05, 0.1) is 39.2 Å². The van der Waals surface area contributed by atoms with E-state index in [0.717, 1.165) is 17.3 Å². The van der Waals surface area contributed by atoms with Crippen LogP contribution in [0.15, 0.2) is 185 Å². The summed E-state index contributed by atoms with van der Waals surface area (Å²) in [5.74, 6) is -3.13. The number of aryl methyl sites for hydroxylation is 1. The van der Waals surface area contributed by atoms with Crippen LogP contribution in [0.3, 0.4) is 0 Å². The van der Waals surface area contributed by atoms with Gasteiger partial charge in [0.2, 0.25) is 4.80 Å². The second-order valence-electron chi connectivity index (χ2n) is 16.9. The van der Waals surface area contributed by atoms with E-state index in [1.165, 1.54) is 11.3 Å². The number of rotatable bonds is 13. The molecule has 1 saturated heterocycles. The molecule has 1 unspecified atom stereocenters. The van der Waals surface area contributed by atoms with Crippen molar-refractivity contribution in [2.75, 3.05) is 6.61 Å². The maximum Gasteiger partial charge on any atom is 0.338 e. The van der Waals surface area contributed by atoms with Crippen molar-refractivity contribution in [1.82, 2.24) is 9.55 Å². The molecular weight excluding hydrogens is 948 g/mol. The van der Waals surface area contributed by atoms with Crippen LogP contribution in [0.1, 0.15) is 67.8 Å². The van der Waals surface area contributed by atoms with Gasteiger partial charge < -0.3 is 23.7 Å². The van der Waals surface area contributed by atoms with E-state index in [1.54, 1.807) is 144 Å². The molecule has 1 fully saturated rings. The summed E-state index contributed by atoms with van der Waals surface area (Å²) < 4.78 is 33.7. The molecule has 0 bridgehead atoms. The molecule has 70 heavy (non-hydrogen) atoms. The lowest BCUT2D eigenvalue weighted by atomic mass is 9.98. The molecule has 2 heterocycles. The second kappa shape index (κ2) is 22.5. The van der Waals surface area contributed by atoms with Gasteiger partial charge in [-0.1, -0.05) is 131 Å². The Morgan fingerprint density at radius 2 is 1.16 bits per heavy atom. The van der Waals surface area contributed by atoms with E-state index in [1.807, 2.05) is 58.0 Å². The third kappa shape index (κ3) is 12.7. The Bertz CT molecular complexity index is 3100. The molecule has 5 atom stereocenters. The van der Waals surface area contributed by atoms with Gasteiger partial charge in [-0.15, -0.1) is 0 Å². The summed E-state index contributed by atoms with van der Waals surface area (Å²) in [5, 5.41) is 0.675. The first-order valence-electron chi connectivity index (χ1n) is 22.2. The van der Waals surface area contributed by atoms with Crippen LogP contribution in [0.4, 0.5) is 5.69 Å². The fraction of sp³-hybridized carbons (Fsp3) is 0.204. The standard InChI is InChI=1S/C54H47ClN4O9S2/c1-34-28-30-40(31-29-34)56-51-57-52(59(41-27-17-26-39(55)32-41)53(70-51)58-54(2,3)4)69-50-45(68-49(63)38-24-15-8-16-25-38)44(67-48(62)37-22-13-7-14-23-37)43(66-47(61)36-20-11-6-12-21-36)42(65-50)33-64-46(60)35-18-9-5-10-19-35/h5-32,42-45,50H,33H2,1-4H3/t42-,43-,44+,45-,50?/m1/s1. The number of hydrogen-bond acceptors (Lipinski definition) is 14. The summed E-state index contributed by atoms with van der Waals surface area (Å²) in [4.78, 5) is 72.4. The van der Waals surface area contributed by atoms with Gasteiger partial charge in [0, 0.05) is 5.02 Å². The molecular formula is C54H47ClN4O9S2. The van der Waals surface area contributed by atoms with Crippen molar-refractivity contribution in [2.45, 2.75) is 68.2 Å². The fourth-order valence-corrected chi connectivity index (χ4v) is 9.68. The zero-order valence-electron chi connectivity index (χ0n) is 38.4. The molecule has 0 spiro atoms. The number of aromatic nitrogens is 2. The Kier molecular flexibility index (Phi) is 15.8. The Morgan fingerprint density at radius 1 is 0.657 bits per heavy atom. The highest BCUT2D eigenvalue weighted by Crippen LogP contribution is 2.38. The first kappa shape index (κ1) is 49.3. The minimum absolute atomic E-state index is 0.160. The SMILES string of the molecule is Cc1ccc(N=c2nc(SC3O[C@H](COC(=O)c4ccccc4)[C@@H](OC(=O)c4ccccc4)[C@H](OC(=O)c4ccccc4)[C@H]3OC(=O)c3ccccc3)n(-c3cccc(Cl)c3)c(=NC(C)(C)C)s2)cc1. The summed E-state index contributed by atoms with van der Waals surface area (Å²) in [7, 11) is 0. The van der Waals surface area contributed by atoms with Crippen molar-refractivity contribution in [3.63, 3.8) is 0 Å². The minimum Gasteiger partial charge on any atom is -0.459 e. The molecule has 0 N–H and O–H groups in total. The van der Waals surface area contributed by atoms with E-state index in [2.05, 4.69) is 0 Å². The van der Waals surface area contributed by atoms with Crippen molar-refractivity contribution >= 4 is 64.3 Å². The zero-order chi connectivity index (χ0) is 49.2. The third-order valence-corrected chi connectivity index (χ3v) is 12.6. The number of hydrogen-bond donors (Lipinski definition) is 0. The Balaban J connectivity index is 1.34. The molecule has 1 aromatic heterocycles. The number of ether oxygens (including phenoxy) is 5. The minimum atomic E-state index is -1.60. The quantitative estimate of drug-likeness (QED) is 0.0800. The smallest absolute Gasteiger partial charge is 0.338 e. The Morgan fingerprint density at radius 3 is 1.67 bits per heavy atom. The highest BCUT2D eigenvalue weighted by Gasteiger charge is 2.54. The third-order valence-electron chi connectivity index (χ3n) is 10.5. The van der Waals surface area contributed by atoms with Crippen molar-refractivity contribution in [3.8, 4) is 5.69 Å². The molecule has 6 aromatic carbocycles. The Labute approximate surface area is 417 Å². The van der Waals surface area contributed by atoms with Crippen LogP contribution in [-0.2, 0) is 23.7 Å². The van der Waals surface area contributed by atoms with Crippen LogP contribution >= 0.6 is 34.7 Å². The highest BCUT2D eigenvalue weighted by atomic mass is 35.5. The van der Waals surface area contributed by atoms with Gasteiger partial charge in [-0.05, 0) is 107 Å². The first-order valence-corrected chi connectivity index (χ1v) is 24.3. The monoisotopic (exact) mass is 994 g/mol. The zero-order valence-corrected chi connectivity index (χ0v) is 40.8. The van der Waals surface area contributed by atoms with Crippen LogP contribution in [0.5, 0.6) is 0 Å². The molecule has 0 saturated carbocycles. The molecule has 7 aromatic rings. The number of carbonyl (C=O) groups is 4. The molecule has 0 radical (unpaired) electrons. The van der Waals surface area contributed by atoms with E-state index < -0.39 is 65.9 Å². The maximum absolute atomic E-state index is 14.4. The normalized spacial score (nSPS) is 18.4. The van der Waals surface area contributed by atoms with Crippen LogP contribution in [0, 0.1) is 6.92 Å². The van der Waals surface area contributed by atoms with E-state index in [0.29, 0.717) is 26.0 Å². The van der Waals surface area contributed by atoms with Crippen LogP contribution in [0.2, 0.25) is 5.02 Å². The lowest BCUT2D eigenvalue weighted by Crippen LogP contribution is -2.62. The lowest BCUT2D eigenvalue weighted by molar-refractivity contribution is -0.207. The molecule has 1 aliphatic heterocycles.